The van der Waals surface area contributed by atoms with Crippen LogP contribution in [0.25, 0.3) is 0 Å². The molecule has 0 amide bonds. The number of Topliss-reactive ketones (excluding diaryl/α,β-unsaturated/α-hetero) is 1. The van der Waals surface area contributed by atoms with E-state index < -0.39 is 0 Å². The molecule has 2 heterocycles. The van der Waals surface area contributed by atoms with Gasteiger partial charge in [-0.1, -0.05) is 12.8 Å². The van der Waals surface area contributed by atoms with Gasteiger partial charge in [-0.3, -0.25) is 9.69 Å². The molecule has 3 aliphatic rings. The minimum Gasteiger partial charge on any atom is -0.300 e. The molecule has 0 spiro atoms. The van der Waals surface area contributed by atoms with Gasteiger partial charge >= 0.3 is 0 Å². The Morgan fingerprint density at radius 2 is 1.67 bits per heavy atom. The van der Waals surface area contributed by atoms with Crippen LogP contribution in [0.5, 0.6) is 0 Å². The van der Waals surface area contributed by atoms with Crippen molar-refractivity contribution >= 4 is 5.78 Å². The van der Waals surface area contributed by atoms with Gasteiger partial charge in [0.25, 0.3) is 0 Å². The molecule has 2 aliphatic heterocycles. The van der Waals surface area contributed by atoms with Crippen molar-refractivity contribution < 1.29 is 4.79 Å². The number of hydrogen-bond donors (Lipinski definition) is 0. The molecule has 2 heteroatoms. The summed E-state index contributed by atoms with van der Waals surface area (Å²) in [5, 5.41) is 0. The van der Waals surface area contributed by atoms with Gasteiger partial charge in [0.05, 0.1) is 0 Å². The van der Waals surface area contributed by atoms with E-state index in [4.69, 9.17) is 0 Å². The molecule has 0 radical (unpaired) electrons. The predicted molar refractivity (Wildman–Crippen MR) is 59.8 cm³/mol. The Kier molecular flexibility index (Phi) is 2.17. The van der Waals surface area contributed by atoms with Gasteiger partial charge in [-0.05, 0) is 32.6 Å². The van der Waals surface area contributed by atoms with Crippen LogP contribution in [0.3, 0.4) is 0 Å². The fraction of sp³-hybridized carbons (Fsp3) is 0.923. The van der Waals surface area contributed by atoms with Crippen molar-refractivity contribution in [3.8, 4) is 0 Å². The van der Waals surface area contributed by atoms with Crippen molar-refractivity contribution in [3.63, 3.8) is 0 Å². The molecular weight excluding hydrogens is 186 g/mol. The highest BCUT2D eigenvalue weighted by atomic mass is 16.1. The fourth-order valence-electron chi connectivity index (χ4n) is 4.25. The zero-order chi connectivity index (χ0) is 10.5. The molecule has 2 bridgehead atoms. The highest BCUT2D eigenvalue weighted by Gasteiger charge is 2.49. The van der Waals surface area contributed by atoms with Gasteiger partial charge in [0.2, 0.25) is 0 Å². The smallest absolute Gasteiger partial charge is 0.136 e. The normalized spacial score (nSPS) is 39.9. The summed E-state index contributed by atoms with van der Waals surface area (Å²) in [5.74, 6) is 0.514. The van der Waals surface area contributed by atoms with E-state index in [1.165, 1.54) is 38.5 Å². The first-order valence-electron chi connectivity index (χ1n) is 6.49. The van der Waals surface area contributed by atoms with Gasteiger partial charge in [-0.25, -0.2) is 0 Å². The van der Waals surface area contributed by atoms with Crippen LogP contribution >= 0.6 is 0 Å². The van der Waals surface area contributed by atoms with E-state index in [-0.39, 0.29) is 0 Å². The highest BCUT2D eigenvalue weighted by Crippen LogP contribution is 2.45. The van der Waals surface area contributed by atoms with E-state index in [0.29, 0.717) is 23.4 Å². The van der Waals surface area contributed by atoms with Crippen molar-refractivity contribution in [1.29, 1.82) is 0 Å². The molecule has 0 N–H and O–H groups in total. The summed E-state index contributed by atoms with van der Waals surface area (Å²) in [6, 6.07) is 1.19. The lowest BCUT2D eigenvalue weighted by molar-refractivity contribution is -0.125. The largest absolute Gasteiger partial charge is 0.300 e. The first-order valence-corrected chi connectivity index (χ1v) is 6.49. The molecule has 1 aliphatic carbocycles. The molecule has 3 rings (SSSR count). The maximum Gasteiger partial charge on any atom is 0.136 e. The summed E-state index contributed by atoms with van der Waals surface area (Å²) in [4.78, 5) is 14.3. The molecule has 84 valence electrons. The van der Waals surface area contributed by atoms with Gasteiger partial charge < -0.3 is 0 Å². The first kappa shape index (κ1) is 9.83. The Hall–Kier alpha value is -0.370. The Morgan fingerprint density at radius 3 is 2.20 bits per heavy atom. The van der Waals surface area contributed by atoms with Crippen LogP contribution in [0.2, 0.25) is 0 Å². The monoisotopic (exact) mass is 207 g/mol. The number of piperidine rings is 1. The van der Waals surface area contributed by atoms with Gasteiger partial charge in [-0.15, -0.1) is 0 Å². The van der Waals surface area contributed by atoms with E-state index in [2.05, 4.69) is 11.8 Å². The number of carbonyl (C=O) groups excluding carboxylic acids is 1. The van der Waals surface area contributed by atoms with E-state index in [9.17, 15) is 4.79 Å². The number of hydrogen-bond acceptors (Lipinski definition) is 2. The predicted octanol–water partition coefficient (Wildman–Crippen LogP) is 2.52. The van der Waals surface area contributed by atoms with Crippen molar-refractivity contribution in [2.75, 3.05) is 0 Å². The van der Waals surface area contributed by atoms with Crippen molar-refractivity contribution in [2.45, 2.75) is 75.9 Å². The van der Waals surface area contributed by atoms with Crippen LogP contribution in [0, 0.1) is 0 Å². The molecule has 2 saturated heterocycles. The number of rotatable bonds is 1. The second-order valence-electron chi connectivity index (χ2n) is 5.94. The van der Waals surface area contributed by atoms with Gasteiger partial charge in [0, 0.05) is 30.5 Å². The van der Waals surface area contributed by atoms with Crippen LogP contribution in [-0.4, -0.2) is 28.3 Å². The van der Waals surface area contributed by atoms with E-state index in [1.807, 2.05) is 0 Å². The van der Waals surface area contributed by atoms with E-state index in [1.54, 1.807) is 0 Å². The summed E-state index contributed by atoms with van der Waals surface area (Å²) in [5.41, 5.74) is 0.437. The summed E-state index contributed by atoms with van der Waals surface area (Å²) in [6.07, 6.45) is 9.71. The van der Waals surface area contributed by atoms with Crippen molar-refractivity contribution in [1.82, 2.24) is 4.90 Å². The first-order chi connectivity index (χ1) is 7.19. The number of fused-ring (bicyclic) bond motifs is 2. The average Bonchev–Trinajstić information content (AvgIpc) is 2.71. The summed E-state index contributed by atoms with van der Waals surface area (Å²) in [6.45, 7) is 2.43. The van der Waals surface area contributed by atoms with Crippen LogP contribution < -0.4 is 0 Å². The SMILES string of the molecule is CC1(N2C3CCC2CC(=O)C3)CCCC1. The van der Waals surface area contributed by atoms with Crippen LogP contribution in [-0.2, 0) is 4.79 Å². The van der Waals surface area contributed by atoms with Gasteiger partial charge in [0.1, 0.15) is 5.78 Å². The van der Waals surface area contributed by atoms with Crippen molar-refractivity contribution in [2.24, 2.45) is 0 Å². The van der Waals surface area contributed by atoms with Gasteiger partial charge in [-0.2, -0.15) is 0 Å². The quantitative estimate of drug-likeness (QED) is 0.658. The lowest BCUT2D eigenvalue weighted by atomic mass is 9.90. The van der Waals surface area contributed by atoms with Crippen LogP contribution in [0.4, 0.5) is 0 Å². The number of ketones is 1. The average molecular weight is 207 g/mol. The maximum absolute atomic E-state index is 11.6. The number of carbonyl (C=O) groups is 1. The zero-order valence-corrected chi connectivity index (χ0v) is 9.67. The molecule has 0 aromatic heterocycles. The molecule has 1 saturated carbocycles. The fourth-order valence-corrected chi connectivity index (χ4v) is 4.25. The van der Waals surface area contributed by atoms with Crippen molar-refractivity contribution in [3.05, 3.63) is 0 Å². The minimum atomic E-state index is 0.437. The Balaban J connectivity index is 1.85. The lowest BCUT2D eigenvalue weighted by Gasteiger charge is -2.46. The molecule has 0 aromatic rings. The summed E-state index contributed by atoms with van der Waals surface area (Å²) < 4.78 is 0. The molecule has 15 heavy (non-hydrogen) atoms. The molecule has 2 atom stereocenters. The molecule has 2 unspecified atom stereocenters. The number of nitrogens with zero attached hydrogens (tertiary/aromatic N) is 1. The third-order valence-corrected chi connectivity index (χ3v) is 4.85. The summed E-state index contributed by atoms with van der Waals surface area (Å²) >= 11 is 0. The molecular formula is C13H21NO. The third-order valence-electron chi connectivity index (χ3n) is 4.85. The topological polar surface area (TPSA) is 20.3 Å². The highest BCUT2D eigenvalue weighted by molar-refractivity contribution is 5.81. The minimum absolute atomic E-state index is 0.437. The molecule has 3 fully saturated rings. The van der Waals surface area contributed by atoms with Crippen LogP contribution in [0.15, 0.2) is 0 Å². The standard InChI is InChI=1S/C13H21NO/c1-13(6-2-3-7-13)14-10-4-5-11(14)9-12(15)8-10/h10-11H,2-9H2,1H3. The van der Waals surface area contributed by atoms with Gasteiger partial charge in [0.15, 0.2) is 0 Å². The molecule has 2 nitrogen and oxygen atoms in total. The third kappa shape index (κ3) is 1.45. The zero-order valence-electron chi connectivity index (χ0n) is 9.67. The second-order valence-corrected chi connectivity index (χ2v) is 5.94. The van der Waals surface area contributed by atoms with E-state index >= 15 is 0 Å². The Bertz CT molecular complexity index is 264. The lowest BCUT2D eigenvalue weighted by Crippen LogP contribution is -2.54. The van der Waals surface area contributed by atoms with Crippen LogP contribution in [0.1, 0.15) is 58.3 Å². The second kappa shape index (κ2) is 3.31. The summed E-state index contributed by atoms with van der Waals surface area (Å²) in [7, 11) is 0. The Morgan fingerprint density at radius 1 is 1.13 bits per heavy atom. The Labute approximate surface area is 92.0 Å². The van der Waals surface area contributed by atoms with E-state index in [0.717, 1.165) is 12.8 Å². The maximum atomic E-state index is 11.6. The molecule has 0 aromatic carbocycles.